The van der Waals surface area contributed by atoms with Crippen LogP contribution in [0.5, 0.6) is 0 Å². The summed E-state index contributed by atoms with van der Waals surface area (Å²) in [5, 5.41) is 1.61. The first-order chi connectivity index (χ1) is 6.20. The Balaban J connectivity index is 1.97. The van der Waals surface area contributed by atoms with E-state index < -0.39 is 0 Å². The van der Waals surface area contributed by atoms with Crippen molar-refractivity contribution in [2.75, 3.05) is 12.4 Å². The summed E-state index contributed by atoms with van der Waals surface area (Å²) in [6, 6.07) is 3.69. The molecule has 1 aromatic rings. The standard InChI is InChI=1S/C9H10ClNOS/c1-9(5-12-9)6-13-8-7(10)3-2-4-11-8/h2-4H,5-6H2,1H3. The Labute approximate surface area is 86.6 Å². The van der Waals surface area contributed by atoms with Crippen LogP contribution in [0.1, 0.15) is 6.92 Å². The number of pyridine rings is 1. The molecule has 0 bridgehead atoms. The van der Waals surface area contributed by atoms with Crippen LogP contribution in [0, 0.1) is 0 Å². The fourth-order valence-electron chi connectivity index (χ4n) is 0.905. The minimum atomic E-state index is 0.0610. The molecule has 1 atom stereocenters. The molecule has 1 aliphatic rings. The summed E-state index contributed by atoms with van der Waals surface area (Å²) in [5.74, 6) is 0.920. The zero-order chi connectivity index (χ0) is 9.31. The van der Waals surface area contributed by atoms with Crippen LogP contribution in [0.3, 0.4) is 0 Å². The number of halogens is 1. The van der Waals surface area contributed by atoms with Gasteiger partial charge >= 0.3 is 0 Å². The third-order valence-electron chi connectivity index (χ3n) is 1.88. The third kappa shape index (κ3) is 2.36. The second kappa shape index (κ2) is 3.48. The van der Waals surface area contributed by atoms with E-state index in [2.05, 4.69) is 11.9 Å². The van der Waals surface area contributed by atoms with Gasteiger partial charge in [0.2, 0.25) is 0 Å². The Morgan fingerprint density at radius 1 is 1.77 bits per heavy atom. The summed E-state index contributed by atoms with van der Waals surface area (Å²) in [6.07, 6.45) is 1.75. The first-order valence-electron chi connectivity index (χ1n) is 4.07. The topological polar surface area (TPSA) is 25.4 Å². The molecular formula is C9H10ClNOS. The van der Waals surface area contributed by atoms with Crippen LogP contribution in [0.4, 0.5) is 0 Å². The van der Waals surface area contributed by atoms with Crippen molar-refractivity contribution in [3.05, 3.63) is 23.4 Å². The van der Waals surface area contributed by atoms with Gasteiger partial charge in [-0.2, -0.15) is 0 Å². The molecule has 0 N–H and O–H groups in total. The van der Waals surface area contributed by atoms with Crippen molar-refractivity contribution in [2.45, 2.75) is 17.6 Å². The molecule has 1 aliphatic heterocycles. The van der Waals surface area contributed by atoms with E-state index in [0.717, 1.165) is 22.4 Å². The molecule has 0 saturated carbocycles. The van der Waals surface area contributed by atoms with Crippen LogP contribution >= 0.6 is 23.4 Å². The lowest BCUT2D eigenvalue weighted by Crippen LogP contribution is -2.07. The minimum absolute atomic E-state index is 0.0610. The lowest BCUT2D eigenvalue weighted by atomic mass is 10.3. The van der Waals surface area contributed by atoms with Crippen molar-refractivity contribution in [3.8, 4) is 0 Å². The number of thioether (sulfide) groups is 1. The van der Waals surface area contributed by atoms with Crippen LogP contribution in [-0.4, -0.2) is 22.9 Å². The van der Waals surface area contributed by atoms with Gasteiger partial charge in [-0.15, -0.1) is 11.8 Å². The van der Waals surface area contributed by atoms with Gasteiger partial charge in [0.15, 0.2) is 0 Å². The zero-order valence-electron chi connectivity index (χ0n) is 7.29. The maximum atomic E-state index is 5.95. The Morgan fingerprint density at radius 2 is 2.54 bits per heavy atom. The Morgan fingerprint density at radius 3 is 3.15 bits per heavy atom. The molecule has 70 valence electrons. The zero-order valence-corrected chi connectivity index (χ0v) is 8.86. The second-order valence-corrected chi connectivity index (χ2v) is 4.69. The molecule has 2 heterocycles. The maximum absolute atomic E-state index is 5.95. The summed E-state index contributed by atoms with van der Waals surface area (Å²) in [6.45, 7) is 2.95. The van der Waals surface area contributed by atoms with E-state index in [1.807, 2.05) is 12.1 Å². The summed E-state index contributed by atoms with van der Waals surface area (Å²) >= 11 is 7.60. The van der Waals surface area contributed by atoms with Crippen LogP contribution < -0.4 is 0 Å². The van der Waals surface area contributed by atoms with E-state index >= 15 is 0 Å². The van der Waals surface area contributed by atoms with Gasteiger partial charge in [0.25, 0.3) is 0 Å². The molecular weight excluding hydrogens is 206 g/mol. The normalized spacial score (nSPS) is 26.0. The van der Waals surface area contributed by atoms with Gasteiger partial charge in [0, 0.05) is 11.9 Å². The Hall–Kier alpha value is -0.250. The van der Waals surface area contributed by atoms with Gasteiger partial charge in [0.1, 0.15) is 5.03 Å². The van der Waals surface area contributed by atoms with Crippen LogP contribution in [0.25, 0.3) is 0 Å². The monoisotopic (exact) mass is 215 g/mol. The van der Waals surface area contributed by atoms with Crippen LogP contribution in [0.2, 0.25) is 5.02 Å². The average molecular weight is 216 g/mol. The van der Waals surface area contributed by atoms with Crippen molar-refractivity contribution >= 4 is 23.4 Å². The molecule has 1 saturated heterocycles. The lowest BCUT2D eigenvalue weighted by molar-refractivity contribution is 0.348. The molecule has 1 unspecified atom stereocenters. The van der Waals surface area contributed by atoms with Crippen molar-refractivity contribution in [1.29, 1.82) is 0 Å². The molecule has 13 heavy (non-hydrogen) atoms. The van der Waals surface area contributed by atoms with E-state index in [9.17, 15) is 0 Å². The largest absolute Gasteiger partial charge is 0.369 e. The van der Waals surface area contributed by atoms with Gasteiger partial charge in [-0.3, -0.25) is 0 Å². The van der Waals surface area contributed by atoms with Crippen molar-refractivity contribution < 1.29 is 4.74 Å². The van der Waals surface area contributed by atoms with Gasteiger partial charge in [0.05, 0.1) is 17.2 Å². The highest BCUT2D eigenvalue weighted by Crippen LogP contribution is 2.34. The molecule has 4 heteroatoms. The molecule has 2 rings (SSSR count). The number of epoxide rings is 1. The van der Waals surface area contributed by atoms with E-state index in [-0.39, 0.29) is 5.60 Å². The van der Waals surface area contributed by atoms with Gasteiger partial charge in [-0.1, -0.05) is 11.6 Å². The first kappa shape index (κ1) is 9.31. The van der Waals surface area contributed by atoms with E-state index in [4.69, 9.17) is 16.3 Å². The summed E-state index contributed by atoms with van der Waals surface area (Å²) < 4.78 is 5.27. The number of ether oxygens (including phenoxy) is 1. The number of nitrogens with zero attached hydrogens (tertiary/aromatic N) is 1. The average Bonchev–Trinajstić information content (AvgIpc) is 2.83. The highest BCUT2D eigenvalue weighted by Gasteiger charge is 2.39. The van der Waals surface area contributed by atoms with Gasteiger partial charge in [-0.25, -0.2) is 4.98 Å². The summed E-state index contributed by atoms with van der Waals surface area (Å²) in [7, 11) is 0. The Kier molecular flexibility index (Phi) is 2.49. The van der Waals surface area contributed by atoms with Crippen LogP contribution in [-0.2, 0) is 4.74 Å². The van der Waals surface area contributed by atoms with Crippen molar-refractivity contribution in [1.82, 2.24) is 4.98 Å². The minimum Gasteiger partial charge on any atom is -0.369 e. The molecule has 0 amide bonds. The number of aromatic nitrogens is 1. The van der Waals surface area contributed by atoms with E-state index in [0.29, 0.717) is 0 Å². The first-order valence-corrected chi connectivity index (χ1v) is 5.43. The molecule has 0 radical (unpaired) electrons. The smallest absolute Gasteiger partial charge is 0.115 e. The fraction of sp³-hybridized carbons (Fsp3) is 0.444. The van der Waals surface area contributed by atoms with E-state index in [1.54, 1.807) is 18.0 Å². The molecule has 1 aromatic heterocycles. The highest BCUT2D eigenvalue weighted by molar-refractivity contribution is 7.99. The fourth-order valence-corrected chi connectivity index (χ4v) is 2.14. The lowest BCUT2D eigenvalue weighted by Gasteiger charge is -2.04. The molecule has 0 aliphatic carbocycles. The maximum Gasteiger partial charge on any atom is 0.115 e. The molecule has 0 spiro atoms. The second-order valence-electron chi connectivity index (χ2n) is 3.32. The van der Waals surface area contributed by atoms with Crippen molar-refractivity contribution in [2.24, 2.45) is 0 Å². The molecule has 2 nitrogen and oxygen atoms in total. The Bertz CT molecular complexity index is 314. The summed E-state index contributed by atoms with van der Waals surface area (Å²) in [4.78, 5) is 4.18. The number of rotatable bonds is 3. The predicted octanol–water partition coefficient (Wildman–Crippen LogP) is 2.62. The van der Waals surface area contributed by atoms with Crippen molar-refractivity contribution in [3.63, 3.8) is 0 Å². The SMILES string of the molecule is CC1(CSc2ncccc2Cl)CO1. The van der Waals surface area contributed by atoms with E-state index in [1.165, 1.54) is 0 Å². The van der Waals surface area contributed by atoms with Crippen LogP contribution in [0.15, 0.2) is 23.4 Å². The molecule has 0 aromatic carbocycles. The number of hydrogen-bond acceptors (Lipinski definition) is 3. The third-order valence-corrected chi connectivity index (χ3v) is 3.65. The highest BCUT2D eigenvalue weighted by atomic mass is 35.5. The summed E-state index contributed by atoms with van der Waals surface area (Å²) in [5.41, 5.74) is 0.0610. The molecule has 1 fully saturated rings. The quantitative estimate of drug-likeness (QED) is 0.573. The number of hydrogen-bond donors (Lipinski definition) is 0. The van der Waals surface area contributed by atoms with Gasteiger partial charge in [-0.05, 0) is 19.1 Å². The predicted molar refractivity (Wildman–Crippen MR) is 54.3 cm³/mol. The van der Waals surface area contributed by atoms with Gasteiger partial charge < -0.3 is 4.74 Å².